The largest absolute Gasteiger partial charge is 0.497 e. The first-order valence-corrected chi connectivity index (χ1v) is 7.60. The van der Waals surface area contributed by atoms with E-state index >= 15 is 0 Å². The van der Waals surface area contributed by atoms with Gasteiger partial charge in [0, 0.05) is 17.6 Å². The van der Waals surface area contributed by atoms with E-state index in [2.05, 4.69) is 5.32 Å². The number of rotatable bonds is 3. The molecule has 0 saturated carbocycles. The van der Waals surface area contributed by atoms with E-state index in [1.54, 1.807) is 13.8 Å². The van der Waals surface area contributed by atoms with Crippen LogP contribution in [0.4, 0.5) is 8.78 Å². The molecule has 126 valence electrons. The van der Waals surface area contributed by atoms with Crippen LogP contribution in [0.1, 0.15) is 51.9 Å². The van der Waals surface area contributed by atoms with Gasteiger partial charge < -0.3 is 14.6 Å². The van der Waals surface area contributed by atoms with Crippen molar-refractivity contribution in [2.75, 3.05) is 0 Å². The molecule has 1 amide bonds. The van der Waals surface area contributed by atoms with Crippen molar-refractivity contribution in [2.45, 2.75) is 58.8 Å². The summed E-state index contributed by atoms with van der Waals surface area (Å²) in [6.07, 6.45) is 0. The zero-order chi connectivity index (χ0) is 17.6. The van der Waals surface area contributed by atoms with Crippen molar-refractivity contribution in [1.82, 2.24) is 5.32 Å². The van der Waals surface area contributed by atoms with Crippen LogP contribution in [-0.2, 0) is 9.31 Å². The van der Waals surface area contributed by atoms with Gasteiger partial charge in [0.2, 0.25) is 0 Å². The molecule has 1 heterocycles. The quantitative estimate of drug-likeness (QED) is 0.868. The lowest BCUT2D eigenvalue weighted by Gasteiger charge is -2.32. The minimum atomic E-state index is -0.994. The molecule has 0 radical (unpaired) electrons. The molecule has 1 aromatic rings. The van der Waals surface area contributed by atoms with Crippen molar-refractivity contribution >= 4 is 18.5 Å². The van der Waals surface area contributed by atoms with Gasteiger partial charge in [-0.2, -0.15) is 0 Å². The first-order valence-electron chi connectivity index (χ1n) is 7.60. The highest BCUT2D eigenvalue weighted by molar-refractivity contribution is 6.62. The minimum Gasteiger partial charge on any atom is -0.399 e. The summed E-state index contributed by atoms with van der Waals surface area (Å²) in [6, 6.07) is 1.69. The highest BCUT2D eigenvalue weighted by atomic mass is 19.1. The Morgan fingerprint density at radius 2 is 1.61 bits per heavy atom. The van der Waals surface area contributed by atoms with E-state index in [1.807, 2.05) is 27.7 Å². The molecule has 0 bridgehead atoms. The number of halogens is 2. The molecular formula is C16H22BF2NO3. The Hall–Kier alpha value is -1.47. The molecule has 1 saturated heterocycles. The van der Waals surface area contributed by atoms with Crippen molar-refractivity contribution < 1.29 is 22.9 Å². The summed E-state index contributed by atoms with van der Waals surface area (Å²) in [4.78, 5) is 12.1. The monoisotopic (exact) mass is 325 g/mol. The number of carbonyl (C=O) groups is 1. The third kappa shape index (κ3) is 3.40. The van der Waals surface area contributed by atoms with Crippen LogP contribution < -0.4 is 10.8 Å². The van der Waals surface area contributed by atoms with E-state index in [-0.39, 0.29) is 17.1 Å². The van der Waals surface area contributed by atoms with Crippen LogP contribution in [0, 0.1) is 11.6 Å². The second kappa shape index (κ2) is 5.87. The number of carbonyl (C=O) groups excluding carboxylic acids is 1. The van der Waals surface area contributed by atoms with Gasteiger partial charge in [0.1, 0.15) is 11.6 Å². The van der Waals surface area contributed by atoms with Gasteiger partial charge in [-0.25, -0.2) is 8.78 Å². The molecule has 0 spiro atoms. The molecule has 4 nitrogen and oxygen atoms in total. The predicted molar refractivity (Wildman–Crippen MR) is 84.7 cm³/mol. The molecule has 0 unspecified atom stereocenters. The van der Waals surface area contributed by atoms with Crippen LogP contribution in [0.3, 0.4) is 0 Å². The summed E-state index contributed by atoms with van der Waals surface area (Å²) in [5.74, 6) is -2.32. The molecule has 7 heteroatoms. The van der Waals surface area contributed by atoms with Gasteiger partial charge in [0.15, 0.2) is 0 Å². The van der Waals surface area contributed by atoms with Crippen LogP contribution in [-0.4, -0.2) is 30.3 Å². The normalized spacial score (nSPS) is 19.3. The van der Waals surface area contributed by atoms with E-state index in [9.17, 15) is 13.6 Å². The maximum absolute atomic E-state index is 14.2. The summed E-state index contributed by atoms with van der Waals surface area (Å²) in [5, 5.41) is 2.59. The fourth-order valence-electron chi connectivity index (χ4n) is 2.23. The van der Waals surface area contributed by atoms with Crippen molar-refractivity contribution in [3.8, 4) is 0 Å². The summed E-state index contributed by atoms with van der Waals surface area (Å²) in [7, 11) is -0.994. The summed E-state index contributed by atoms with van der Waals surface area (Å²) < 4.78 is 39.7. The Morgan fingerprint density at radius 1 is 1.09 bits per heavy atom. The Bertz CT molecular complexity index is 616. The van der Waals surface area contributed by atoms with Crippen LogP contribution in [0.15, 0.2) is 12.1 Å². The molecular weight excluding hydrogens is 303 g/mol. The van der Waals surface area contributed by atoms with E-state index in [1.165, 1.54) is 0 Å². The fourth-order valence-corrected chi connectivity index (χ4v) is 2.23. The molecule has 23 heavy (non-hydrogen) atoms. The molecule has 1 N–H and O–H groups in total. The first kappa shape index (κ1) is 17.9. The van der Waals surface area contributed by atoms with Crippen LogP contribution in [0.25, 0.3) is 0 Å². The zero-order valence-corrected chi connectivity index (χ0v) is 14.3. The molecule has 1 aliphatic rings. The number of hydrogen-bond acceptors (Lipinski definition) is 3. The fraction of sp³-hybridized carbons (Fsp3) is 0.562. The van der Waals surface area contributed by atoms with Gasteiger partial charge in [-0.3, -0.25) is 4.79 Å². The van der Waals surface area contributed by atoms with E-state index < -0.39 is 35.9 Å². The molecule has 1 aliphatic heterocycles. The van der Waals surface area contributed by atoms with E-state index in [0.29, 0.717) is 6.07 Å². The van der Waals surface area contributed by atoms with Gasteiger partial charge in [-0.15, -0.1) is 0 Å². The topological polar surface area (TPSA) is 47.6 Å². The summed E-state index contributed by atoms with van der Waals surface area (Å²) in [6.45, 7) is 10.9. The lowest BCUT2D eigenvalue weighted by atomic mass is 9.77. The molecule has 0 aliphatic carbocycles. The standard InChI is InChI=1S/C16H22BF2NO3/c1-9(2)20-14(21)10-7-11(13(19)8-12(10)18)17-22-15(3,4)16(5,6)23-17/h7-9H,1-6H3,(H,20,21). The number of amides is 1. The van der Waals surface area contributed by atoms with Crippen molar-refractivity contribution in [3.05, 3.63) is 29.3 Å². The second-order valence-corrected chi connectivity index (χ2v) is 7.07. The molecule has 0 aromatic heterocycles. The van der Waals surface area contributed by atoms with Crippen molar-refractivity contribution in [3.63, 3.8) is 0 Å². The molecule has 1 aromatic carbocycles. The molecule has 2 rings (SSSR count). The Balaban J connectivity index is 2.39. The predicted octanol–water partition coefficient (Wildman–Crippen LogP) is 2.40. The lowest BCUT2D eigenvalue weighted by molar-refractivity contribution is 0.00578. The van der Waals surface area contributed by atoms with Crippen LogP contribution >= 0.6 is 0 Å². The van der Waals surface area contributed by atoms with E-state index in [0.717, 1.165) is 6.07 Å². The summed E-state index contributed by atoms with van der Waals surface area (Å²) in [5.41, 5.74) is -1.53. The summed E-state index contributed by atoms with van der Waals surface area (Å²) >= 11 is 0. The zero-order valence-electron chi connectivity index (χ0n) is 14.3. The van der Waals surface area contributed by atoms with Crippen molar-refractivity contribution in [1.29, 1.82) is 0 Å². The molecule has 0 atom stereocenters. The average molecular weight is 325 g/mol. The average Bonchev–Trinajstić information content (AvgIpc) is 2.56. The first-order chi connectivity index (χ1) is 10.4. The highest BCUT2D eigenvalue weighted by Gasteiger charge is 2.52. The number of hydrogen-bond donors (Lipinski definition) is 1. The second-order valence-electron chi connectivity index (χ2n) is 7.07. The lowest BCUT2D eigenvalue weighted by Crippen LogP contribution is -2.41. The van der Waals surface area contributed by atoms with Crippen LogP contribution in [0.5, 0.6) is 0 Å². The molecule has 1 fully saturated rings. The van der Waals surface area contributed by atoms with Gasteiger partial charge in [-0.05, 0) is 47.6 Å². The minimum absolute atomic E-state index is 0.0129. The van der Waals surface area contributed by atoms with Crippen molar-refractivity contribution in [2.24, 2.45) is 0 Å². The van der Waals surface area contributed by atoms with Gasteiger partial charge in [-0.1, -0.05) is 0 Å². The third-order valence-corrected chi connectivity index (χ3v) is 4.26. The maximum atomic E-state index is 14.2. The van der Waals surface area contributed by atoms with Crippen LogP contribution in [0.2, 0.25) is 0 Å². The number of nitrogens with one attached hydrogen (secondary N) is 1. The smallest absolute Gasteiger partial charge is 0.399 e. The Labute approximate surface area is 135 Å². The van der Waals surface area contributed by atoms with E-state index in [4.69, 9.17) is 9.31 Å². The Morgan fingerprint density at radius 3 is 2.09 bits per heavy atom. The van der Waals surface area contributed by atoms with Gasteiger partial charge >= 0.3 is 7.12 Å². The Kier molecular flexibility index (Phi) is 4.56. The van der Waals surface area contributed by atoms with Gasteiger partial charge in [0.25, 0.3) is 5.91 Å². The number of benzene rings is 1. The van der Waals surface area contributed by atoms with Gasteiger partial charge in [0.05, 0.1) is 16.8 Å². The maximum Gasteiger partial charge on any atom is 0.497 e. The highest BCUT2D eigenvalue weighted by Crippen LogP contribution is 2.36. The third-order valence-electron chi connectivity index (χ3n) is 4.26. The SMILES string of the molecule is CC(C)NC(=O)c1cc(B2OC(C)(C)C(C)(C)O2)c(F)cc1F.